The average Bonchev–Trinajstić information content (AvgIpc) is 2.87. The van der Waals surface area contributed by atoms with Crippen LogP contribution < -0.4 is 14.8 Å². The van der Waals surface area contributed by atoms with Gasteiger partial charge in [-0.1, -0.05) is 49.7 Å². The van der Waals surface area contributed by atoms with E-state index in [2.05, 4.69) is 0 Å². The number of esters is 1. The van der Waals surface area contributed by atoms with Crippen LogP contribution in [-0.4, -0.2) is 33.4 Å². The molecule has 0 fully saturated rings. The highest BCUT2D eigenvalue weighted by Crippen LogP contribution is 2.25. The third-order valence-electron chi connectivity index (χ3n) is 5.07. The smallest absolute Gasteiger partial charge is 0.338 e. The molecule has 0 unspecified atom stereocenters. The largest absolute Gasteiger partial charge is 0.484 e. The van der Waals surface area contributed by atoms with Gasteiger partial charge >= 0.3 is 5.97 Å². The first kappa shape index (κ1) is 25.8. The Morgan fingerprint density at radius 2 is 1.69 bits per heavy atom. The Morgan fingerprint density at radius 1 is 0.943 bits per heavy atom. The van der Waals surface area contributed by atoms with Crippen LogP contribution >= 0.6 is 0 Å². The molecule has 0 atom stereocenters. The van der Waals surface area contributed by atoms with E-state index in [9.17, 15) is 18.0 Å². The third-order valence-corrected chi connectivity index (χ3v) is 6.89. The van der Waals surface area contributed by atoms with Crippen molar-refractivity contribution in [2.24, 2.45) is 5.73 Å². The van der Waals surface area contributed by atoms with Gasteiger partial charge in [-0.2, -0.15) is 0 Å². The molecule has 3 aromatic rings. The van der Waals surface area contributed by atoms with Crippen LogP contribution in [0.1, 0.15) is 35.7 Å². The number of unbranched alkanes of at least 4 members (excludes halogenated alkanes) is 1. The third kappa shape index (κ3) is 7.07. The lowest BCUT2D eigenvalue weighted by atomic mass is 10.2. The van der Waals surface area contributed by atoms with E-state index in [0.29, 0.717) is 30.0 Å². The second kappa shape index (κ2) is 12.0. The van der Waals surface area contributed by atoms with Gasteiger partial charge in [-0.05, 0) is 54.4 Å². The highest BCUT2D eigenvalue weighted by atomic mass is 32.2. The van der Waals surface area contributed by atoms with E-state index in [4.69, 9.17) is 15.2 Å². The molecule has 35 heavy (non-hydrogen) atoms. The quantitative estimate of drug-likeness (QED) is 0.380. The molecule has 0 radical (unpaired) electrons. The number of para-hydroxylation sites is 1. The van der Waals surface area contributed by atoms with Gasteiger partial charge in [0.05, 0.1) is 16.1 Å². The van der Waals surface area contributed by atoms with Gasteiger partial charge < -0.3 is 15.2 Å². The number of carbonyl (C=O) groups is 2. The van der Waals surface area contributed by atoms with Crippen LogP contribution in [0.5, 0.6) is 5.75 Å². The van der Waals surface area contributed by atoms with Crippen molar-refractivity contribution < 1.29 is 27.5 Å². The molecule has 1 amide bonds. The minimum atomic E-state index is -3.90. The molecule has 3 rings (SSSR count). The van der Waals surface area contributed by atoms with Gasteiger partial charge in [0.2, 0.25) is 0 Å². The highest BCUT2D eigenvalue weighted by Gasteiger charge is 2.25. The van der Waals surface area contributed by atoms with Gasteiger partial charge in [0, 0.05) is 6.54 Å². The number of rotatable bonds is 12. The van der Waals surface area contributed by atoms with Crippen LogP contribution in [0.2, 0.25) is 0 Å². The fourth-order valence-corrected chi connectivity index (χ4v) is 4.86. The summed E-state index contributed by atoms with van der Waals surface area (Å²) in [5.41, 5.74) is 6.40. The number of carbonyl (C=O) groups excluding carboxylic acids is 2. The van der Waals surface area contributed by atoms with Gasteiger partial charge in [-0.3, -0.25) is 9.10 Å². The Kier molecular flexibility index (Phi) is 8.86. The predicted octanol–water partition coefficient (Wildman–Crippen LogP) is 3.90. The summed E-state index contributed by atoms with van der Waals surface area (Å²) in [6.07, 6.45) is 1.53. The fourth-order valence-electron chi connectivity index (χ4n) is 3.31. The molecule has 2 N–H and O–H groups in total. The topological polar surface area (TPSA) is 116 Å². The Labute approximate surface area is 205 Å². The molecule has 0 bridgehead atoms. The summed E-state index contributed by atoms with van der Waals surface area (Å²) in [5.74, 6) is -0.846. The number of hydrogen-bond donors (Lipinski definition) is 1. The van der Waals surface area contributed by atoms with E-state index < -0.39 is 21.9 Å². The number of benzene rings is 3. The minimum Gasteiger partial charge on any atom is -0.484 e. The molecule has 0 aliphatic rings. The maximum atomic E-state index is 13.5. The number of sulfonamides is 1. The first-order valence-corrected chi connectivity index (χ1v) is 12.6. The zero-order chi connectivity index (χ0) is 25.3. The molecule has 0 spiro atoms. The van der Waals surface area contributed by atoms with E-state index in [1.54, 1.807) is 48.5 Å². The van der Waals surface area contributed by atoms with Crippen LogP contribution in [0.3, 0.4) is 0 Å². The first-order valence-electron chi connectivity index (χ1n) is 11.2. The molecule has 0 saturated heterocycles. The normalized spacial score (nSPS) is 11.0. The number of nitrogens with two attached hydrogens (primary N) is 1. The zero-order valence-corrected chi connectivity index (χ0v) is 20.2. The van der Waals surface area contributed by atoms with E-state index in [0.717, 1.165) is 6.42 Å². The molecule has 0 heterocycles. The summed E-state index contributed by atoms with van der Waals surface area (Å²) >= 11 is 0. The Morgan fingerprint density at radius 3 is 2.40 bits per heavy atom. The van der Waals surface area contributed by atoms with Crippen molar-refractivity contribution in [3.63, 3.8) is 0 Å². The average molecular weight is 497 g/mol. The van der Waals surface area contributed by atoms with Crippen LogP contribution in [0.15, 0.2) is 83.8 Å². The molecule has 8 nitrogen and oxygen atoms in total. The van der Waals surface area contributed by atoms with E-state index >= 15 is 0 Å². The number of amides is 1. The summed E-state index contributed by atoms with van der Waals surface area (Å²) < 4.78 is 38.9. The number of ether oxygens (including phenoxy) is 2. The lowest BCUT2D eigenvalue weighted by Crippen LogP contribution is -2.32. The summed E-state index contributed by atoms with van der Waals surface area (Å²) in [6.45, 7) is 2.00. The van der Waals surface area contributed by atoms with Gasteiger partial charge in [0.1, 0.15) is 12.4 Å². The maximum Gasteiger partial charge on any atom is 0.338 e. The van der Waals surface area contributed by atoms with Gasteiger partial charge in [-0.15, -0.1) is 0 Å². The lowest BCUT2D eigenvalue weighted by molar-refractivity contribution is -0.119. The summed E-state index contributed by atoms with van der Waals surface area (Å²) in [6, 6.07) is 21.4. The van der Waals surface area contributed by atoms with Crippen molar-refractivity contribution in [1.82, 2.24) is 0 Å². The van der Waals surface area contributed by atoms with Crippen molar-refractivity contribution in [3.8, 4) is 5.75 Å². The summed E-state index contributed by atoms with van der Waals surface area (Å²) in [5, 5.41) is 0. The maximum absolute atomic E-state index is 13.5. The molecule has 0 saturated carbocycles. The van der Waals surface area contributed by atoms with E-state index in [-0.39, 0.29) is 23.7 Å². The molecule has 9 heteroatoms. The zero-order valence-electron chi connectivity index (χ0n) is 19.4. The lowest BCUT2D eigenvalue weighted by Gasteiger charge is -2.24. The van der Waals surface area contributed by atoms with Crippen molar-refractivity contribution in [3.05, 3.63) is 90.0 Å². The standard InChI is InChI=1S/C26H28N2O6S/c1-2-3-15-28(22-11-5-4-6-12-22)35(31,32)24-14-8-10-21(17-24)26(30)34-18-20-9-7-13-23(16-20)33-19-25(27)29/h4-14,16-17H,2-3,15,18-19H2,1H3,(H2,27,29). The highest BCUT2D eigenvalue weighted by molar-refractivity contribution is 7.92. The molecular formula is C26H28N2O6S. The SMILES string of the molecule is CCCCN(c1ccccc1)S(=O)(=O)c1cccc(C(=O)OCc2cccc(OCC(N)=O)c2)c1. The molecule has 0 aliphatic carbocycles. The van der Waals surface area contributed by atoms with Crippen LogP contribution in [0.4, 0.5) is 5.69 Å². The fraction of sp³-hybridized carbons (Fsp3) is 0.231. The molecule has 3 aromatic carbocycles. The molecular weight excluding hydrogens is 468 g/mol. The Balaban J connectivity index is 1.75. The second-order valence-electron chi connectivity index (χ2n) is 7.77. The molecule has 0 aromatic heterocycles. The van der Waals surface area contributed by atoms with Crippen molar-refractivity contribution in [2.75, 3.05) is 17.5 Å². The summed E-state index contributed by atoms with van der Waals surface area (Å²) in [4.78, 5) is 23.6. The van der Waals surface area contributed by atoms with E-state index in [1.807, 2.05) is 13.0 Å². The monoisotopic (exact) mass is 496 g/mol. The van der Waals surface area contributed by atoms with Crippen molar-refractivity contribution in [1.29, 1.82) is 0 Å². The predicted molar refractivity (Wildman–Crippen MR) is 133 cm³/mol. The van der Waals surface area contributed by atoms with E-state index in [1.165, 1.54) is 28.6 Å². The molecule has 0 aliphatic heterocycles. The van der Waals surface area contributed by atoms with Crippen molar-refractivity contribution in [2.45, 2.75) is 31.3 Å². The number of hydrogen-bond acceptors (Lipinski definition) is 6. The number of primary amides is 1. The van der Waals surface area contributed by atoms with Gasteiger partial charge in [0.25, 0.3) is 15.9 Å². The van der Waals surface area contributed by atoms with Crippen molar-refractivity contribution >= 4 is 27.6 Å². The molecule has 184 valence electrons. The Bertz CT molecular complexity index is 1260. The number of nitrogens with zero attached hydrogens (tertiary/aromatic N) is 1. The first-order chi connectivity index (χ1) is 16.8. The van der Waals surface area contributed by atoms with Gasteiger partial charge in [-0.25, -0.2) is 13.2 Å². The van der Waals surface area contributed by atoms with Crippen LogP contribution in [0, 0.1) is 0 Å². The second-order valence-corrected chi connectivity index (χ2v) is 9.63. The number of anilines is 1. The summed E-state index contributed by atoms with van der Waals surface area (Å²) in [7, 11) is -3.90. The Hall–Kier alpha value is -3.85. The van der Waals surface area contributed by atoms with Crippen LogP contribution in [-0.2, 0) is 26.2 Å². The minimum absolute atomic E-state index is 0.00811. The van der Waals surface area contributed by atoms with Gasteiger partial charge in [0.15, 0.2) is 6.61 Å². The van der Waals surface area contributed by atoms with Crippen LogP contribution in [0.25, 0.3) is 0 Å².